The lowest BCUT2D eigenvalue weighted by Crippen LogP contribution is -2.22. The minimum absolute atomic E-state index is 0.381. The number of hydrogen-bond donors (Lipinski definition) is 1. The standard InChI is InChI=1S/C18H31NO/c1-16(2)15-19-13-7-9-17(3)20-14-8-12-18-10-5-4-6-11-18/h4-6,10-11,16-17,19H,7-9,12-15H2,1-3H3. The number of rotatable bonds is 11. The van der Waals surface area contributed by atoms with E-state index in [0.717, 1.165) is 44.9 Å². The zero-order chi connectivity index (χ0) is 14.6. The van der Waals surface area contributed by atoms with Crippen molar-refractivity contribution in [1.82, 2.24) is 5.32 Å². The molecule has 0 aliphatic heterocycles. The molecule has 0 aromatic heterocycles. The van der Waals surface area contributed by atoms with Crippen LogP contribution in [0.2, 0.25) is 0 Å². The van der Waals surface area contributed by atoms with Gasteiger partial charge in [0.05, 0.1) is 6.10 Å². The van der Waals surface area contributed by atoms with Crippen LogP contribution in [-0.2, 0) is 11.2 Å². The van der Waals surface area contributed by atoms with Crippen molar-refractivity contribution in [2.24, 2.45) is 5.92 Å². The van der Waals surface area contributed by atoms with Crippen molar-refractivity contribution in [1.29, 1.82) is 0 Å². The summed E-state index contributed by atoms with van der Waals surface area (Å²) < 4.78 is 5.86. The molecule has 1 atom stereocenters. The molecule has 1 N–H and O–H groups in total. The Balaban J connectivity index is 1.93. The third-order valence-corrected chi connectivity index (χ3v) is 3.37. The van der Waals surface area contributed by atoms with Gasteiger partial charge in [0.1, 0.15) is 0 Å². The number of aryl methyl sites for hydroxylation is 1. The van der Waals surface area contributed by atoms with E-state index >= 15 is 0 Å². The molecule has 0 spiro atoms. The Morgan fingerprint density at radius 3 is 2.50 bits per heavy atom. The fourth-order valence-corrected chi connectivity index (χ4v) is 2.19. The average Bonchev–Trinajstić information content (AvgIpc) is 2.44. The summed E-state index contributed by atoms with van der Waals surface area (Å²) in [6.07, 6.45) is 4.96. The van der Waals surface area contributed by atoms with Crippen LogP contribution in [-0.4, -0.2) is 25.8 Å². The molecule has 114 valence electrons. The molecular weight excluding hydrogens is 246 g/mol. The molecule has 0 saturated carbocycles. The van der Waals surface area contributed by atoms with Crippen LogP contribution in [0.3, 0.4) is 0 Å². The van der Waals surface area contributed by atoms with E-state index in [0.29, 0.717) is 6.10 Å². The lowest BCUT2D eigenvalue weighted by molar-refractivity contribution is 0.0575. The van der Waals surface area contributed by atoms with Crippen molar-refractivity contribution < 1.29 is 4.74 Å². The molecule has 2 nitrogen and oxygen atoms in total. The molecule has 0 bridgehead atoms. The molecule has 0 saturated heterocycles. The Morgan fingerprint density at radius 1 is 1.05 bits per heavy atom. The van der Waals surface area contributed by atoms with Gasteiger partial charge in [-0.3, -0.25) is 0 Å². The highest BCUT2D eigenvalue weighted by molar-refractivity contribution is 5.14. The van der Waals surface area contributed by atoms with Crippen molar-refractivity contribution in [3.63, 3.8) is 0 Å². The number of benzene rings is 1. The molecular formula is C18H31NO. The summed E-state index contributed by atoms with van der Waals surface area (Å²) in [6.45, 7) is 9.76. The van der Waals surface area contributed by atoms with Crippen molar-refractivity contribution in [3.8, 4) is 0 Å². The first-order valence-electron chi connectivity index (χ1n) is 8.04. The minimum Gasteiger partial charge on any atom is -0.378 e. The van der Waals surface area contributed by atoms with Crippen LogP contribution in [0.5, 0.6) is 0 Å². The molecule has 0 fully saturated rings. The van der Waals surface area contributed by atoms with Gasteiger partial charge in [0, 0.05) is 6.61 Å². The fourth-order valence-electron chi connectivity index (χ4n) is 2.19. The summed E-state index contributed by atoms with van der Waals surface area (Å²) in [5.74, 6) is 0.738. The Morgan fingerprint density at radius 2 is 1.80 bits per heavy atom. The van der Waals surface area contributed by atoms with Gasteiger partial charge in [-0.05, 0) is 57.2 Å². The maximum absolute atomic E-state index is 5.86. The molecule has 1 unspecified atom stereocenters. The second-order valence-corrected chi connectivity index (χ2v) is 6.01. The molecule has 2 heteroatoms. The molecule has 1 aromatic rings. The predicted molar refractivity (Wildman–Crippen MR) is 87.1 cm³/mol. The third-order valence-electron chi connectivity index (χ3n) is 3.37. The fraction of sp³-hybridized carbons (Fsp3) is 0.667. The van der Waals surface area contributed by atoms with Gasteiger partial charge in [-0.1, -0.05) is 44.2 Å². The second kappa shape index (κ2) is 10.9. The first-order valence-corrected chi connectivity index (χ1v) is 8.04. The van der Waals surface area contributed by atoms with Crippen LogP contribution in [0.25, 0.3) is 0 Å². The van der Waals surface area contributed by atoms with Gasteiger partial charge in [0.25, 0.3) is 0 Å². The average molecular weight is 277 g/mol. The van der Waals surface area contributed by atoms with Crippen LogP contribution in [0.4, 0.5) is 0 Å². The Bertz CT molecular complexity index is 323. The van der Waals surface area contributed by atoms with Gasteiger partial charge in [0.2, 0.25) is 0 Å². The first-order chi connectivity index (χ1) is 9.68. The molecule has 1 aromatic carbocycles. The van der Waals surface area contributed by atoms with Crippen molar-refractivity contribution in [2.75, 3.05) is 19.7 Å². The lowest BCUT2D eigenvalue weighted by atomic mass is 10.1. The lowest BCUT2D eigenvalue weighted by Gasteiger charge is -2.13. The normalized spacial score (nSPS) is 12.8. The summed E-state index contributed by atoms with van der Waals surface area (Å²) in [5, 5.41) is 3.47. The highest BCUT2D eigenvalue weighted by Crippen LogP contribution is 2.05. The first kappa shape index (κ1) is 17.2. The van der Waals surface area contributed by atoms with Gasteiger partial charge in [-0.2, -0.15) is 0 Å². The van der Waals surface area contributed by atoms with Crippen molar-refractivity contribution in [2.45, 2.75) is 52.6 Å². The smallest absolute Gasteiger partial charge is 0.0547 e. The summed E-state index contributed by atoms with van der Waals surface area (Å²) >= 11 is 0. The zero-order valence-electron chi connectivity index (χ0n) is 13.4. The van der Waals surface area contributed by atoms with Crippen LogP contribution in [0.1, 0.15) is 45.6 Å². The molecule has 1 rings (SSSR count). The monoisotopic (exact) mass is 277 g/mol. The van der Waals surface area contributed by atoms with Crippen LogP contribution in [0.15, 0.2) is 30.3 Å². The Kier molecular flexibility index (Phi) is 9.35. The SMILES string of the molecule is CC(C)CNCCCC(C)OCCCc1ccccc1. The zero-order valence-corrected chi connectivity index (χ0v) is 13.4. The Labute approximate surface area is 124 Å². The summed E-state index contributed by atoms with van der Waals surface area (Å²) in [6, 6.07) is 10.6. The highest BCUT2D eigenvalue weighted by atomic mass is 16.5. The van der Waals surface area contributed by atoms with E-state index in [1.165, 1.54) is 12.0 Å². The number of hydrogen-bond acceptors (Lipinski definition) is 2. The quantitative estimate of drug-likeness (QED) is 0.616. The highest BCUT2D eigenvalue weighted by Gasteiger charge is 2.02. The van der Waals surface area contributed by atoms with Crippen molar-refractivity contribution in [3.05, 3.63) is 35.9 Å². The van der Waals surface area contributed by atoms with E-state index in [2.05, 4.69) is 56.4 Å². The molecule has 0 radical (unpaired) electrons. The third kappa shape index (κ3) is 9.11. The van der Waals surface area contributed by atoms with Gasteiger partial charge in [0.15, 0.2) is 0 Å². The summed E-state index contributed by atoms with van der Waals surface area (Å²) in [7, 11) is 0. The van der Waals surface area contributed by atoms with E-state index in [-0.39, 0.29) is 0 Å². The molecule has 0 amide bonds. The van der Waals surface area contributed by atoms with E-state index in [9.17, 15) is 0 Å². The van der Waals surface area contributed by atoms with E-state index < -0.39 is 0 Å². The van der Waals surface area contributed by atoms with Crippen LogP contribution < -0.4 is 5.32 Å². The maximum atomic E-state index is 5.86. The van der Waals surface area contributed by atoms with E-state index in [4.69, 9.17) is 4.74 Å². The van der Waals surface area contributed by atoms with Crippen LogP contribution in [0, 0.1) is 5.92 Å². The van der Waals surface area contributed by atoms with Gasteiger partial charge in [-0.25, -0.2) is 0 Å². The number of ether oxygens (including phenoxy) is 1. The van der Waals surface area contributed by atoms with Gasteiger partial charge >= 0.3 is 0 Å². The van der Waals surface area contributed by atoms with Crippen LogP contribution >= 0.6 is 0 Å². The Hall–Kier alpha value is -0.860. The largest absolute Gasteiger partial charge is 0.378 e. The van der Waals surface area contributed by atoms with E-state index in [1.807, 2.05) is 0 Å². The summed E-state index contributed by atoms with van der Waals surface area (Å²) in [4.78, 5) is 0. The van der Waals surface area contributed by atoms with Gasteiger partial charge in [-0.15, -0.1) is 0 Å². The maximum Gasteiger partial charge on any atom is 0.0547 e. The minimum atomic E-state index is 0.381. The molecule has 0 aliphatic rings. The number of nitrogens with one attached hydrogen (secondary N) is 1. The predicted octanol–water partition coefficient (Wildman–Crippen LogP) is 4.05. The summed E-state index contributed by atoms with van der Waals surface area (Å²) in [5.41, 5.74) is 1.40. The molecule has 0 aliphatic carbocycles. The van der Waals surface area contributed by atoms with Gasteiger partial charge < -0.3 is 10.1 Å². The second-order valence-electron chi connectivity index (χ2n) is 6.01. The molecule has 0 heterocycles. The van der Waals surface area contributed by atoms with Crippen molar-refractivity contribution >= 4 is 0 Å². The molecule has 20 heavy (non-hydrogen) atoms. The van der Waals surface area contributed by atoms with E-state index in [1.54, 1.807) is 0 Å². The topological polar surface area (TPSA) is 21.3 Å².